The number of allylic oxidation sites excluding steroid dienone is 6. The van der Waals surface area contributed by atoms with Crippen LogP contribution in [0.5, 0.6) is 0 Å². The number of hydrogen-bond acceptors (Lipinski definition) is 10. The highest BCUT2D eigenvalue weighted by atomic mass is 16.7. The van der Waals surface area contributed by atoms with Crippen LogP contribution < -0.4 is 5.32 Å². The van der Waals surface area contributed by atoms with Crippen LogP contribution in [0.1, 0.15) is 200 Å². The molecule has 1 rings (SSSR count). The Morgan fingerprint density at radius 1 is 0.567 bits per heavy atom. The predicted molar refractivity (Wildman–Crippen MR) is 242 cm³/mol. The van der Waals surface area contributed by atoms with Crippen molar-refractivity contribution in [1.29, 1.82) is 0 Å². The van der Waals surface area contributed by atoms with Gasteiger partial charge in [-0.3, -0.25) is 4.79 Å². The van der Waals surface area contributed by atoms with Gasteiger partial charge in [-0.15, -0.1) is 0 Å². The summed E-state index contributed by atoms with van der Waals surface area (Å²) >= 11 is 0. The number of carbonyl (C=O) groups is 1. The van der Waals surface area contributed by atoms with Crippen LogP contribution in [0, 0.1) is 0 Å². The lowest BCUT2D eigenvalue weighted by Gasteiger charge is -2.40. The lowest BCUT2D eigenvalue weighted by Crippen LogP contribution is -2.60. The first-order valence-electron chi connectivity index (χ1n) is 24.4. The van der Waals surface area contributed by atoms with Crippen molar-refractivity contribution in [2.24, 2.45) is 0 Å². The number of aliphatic hydroxyl groups excluding tert-OH is 7. The SMILES string of the molecule is CCCCCCCCC/C=C/CC/C=C/CCCC(O)C(O)C(COC1OC(CO)C(O)C(O)C1O)NC(=O)C(O)CCCCCC/C=C\CCCCCCCCCCC. The molecule has 1 aliphatic heterocycles. The highest BCUT2D eigenvalue weighted by Gasteiger charge is 2.44. The van der Waals surface area contributed by atoms with E-state index in [1.54, 1.807) is 0 Å². The average Bonchev–Trinajstić information content (AvgIpc) is 3.25. The van der Waals surface area contributed by atoms with Crippen LogP contribution >= 0.6 is 0 Å². The van der Waals surface area contributed by atoms with Crippen molar-refractivity contribution in [2.75, 3.05) is 13.2 Å². The fraction of sp³-hybridized carbons (Fsp3) is 0.857. The molecule has 1 heterocycles. The summed E-state index contributed by atoms with van der Waals surface area (Å²) in [4.78, 5) is 13.1. The predicted octanol–water partition coefficient (Wildman–Crippen LogP) is 8.39. The van der Waals surface area contributed by atoms with Crippen molar-refractivity contribution in [2.45, 2.75) is 255 Å². The minimum atomic E-state index is -1.67. The number of hydrogen-bond donors (Lipinski definition) is 8. The molecular formula is C49H91NO10. The number of amides is 1. The van der Waals surface area contributed by atoms with E-state index in [2.05, 4.69) is 55.6 Å². The molecule has 60 heavy (non-hydrogen) atoms. The summed E-state index contributed by atoms with van der Waals surface area (Å²) in [6, 6.07) is -1.19. The van der Waals surface area contributed by atoms with Gasteiger partial charge in [0.15, 0.2) is 6.29 Å². The van der Waals surface area contributed by atoms with Crippen molar-refractivity contribution < 1.29 is 50.0 Å². The van der Waals surface area contributed by atoms with Gasteiger partial charge in [-0.25, -0.2) is 0 Å². The van der Waals surface area contributed by atoms with Gasteiger partial charge in [0.2, 0.25) is 5.91 Å². The maximum absolute atomic E-state index is 13.1. The van der Waals surface area contributed by atoms with E-state index in [0.717, 1.165) is 51.4 Å². The normalized spacial score (nSPS) is 21.9. The molecule has 0 aromatic heterocycles. The van der Waals surface area contributed by atoms with E-state index in [0.29, 0.717) is 19.3 Å². The molecule has 1 amide bonds. The molecule has 0 bridgehead atoms. The number of unbranched alkanes of at least 4 members (excludes halogenated alkanes) is 22. The number of ether oxygens (including phenoxy) is 2. The van der Waals surface area contributed by atoms with E-state index < -0.39 is 74.2 Å². The Morgan fingerprint density at radius 3 is 1.48 bits per heavy atom. The molecule has 1 fully saturated rings. The van der Waals surface area contributed by atoms with Crippen LogP contribution in [-0.4, -0.2) is 110 Å². The van der Waals surface area contributed by atoms with Crippen LogP contribution in [-0.2, 0) is 14.3 Å². The first-order valence-corrected chi connectivity index (χ1v) is 24.4. The summed E-state index contributed by atoms with van der Waals surface area (Å²) in [5.41, 5.74) is 0. The van der Waals surface area contributed by atoms with E-state index in [4.69, 9.17) is 9.47 Å². The zero-order chi connectivity index (χ0) is 44.1. The van der Waals surface area contributed by atoms with Crippen molar-refractivity contribution >= 4 is 5.91 Å². The van der Waals surface area contributed by atoms with Gasteiger partial charge in [-0.2, -0.15) is 0 Å². The molecule has 352 valence electrons. The molecule has 0 spiro atoms. The third-order valence-corrected chi connectivity index (χ3v) is 11.6. The quantitative estimate of drug-likeness (QED) is 0.0220. The van der Waals surface area contributed by atoms with Gasteiger partial charge in [0.05, 0.1) is 25.4 Å². The molecule has 0 saturated carbocycles. The smallest absolute Gasteiger partial charge is 0.249 e. The Balaban J connectivity index is 2.48. The Hall–Kier alpha value is -1.67. The van der Waals surface area contributed by atoms with Gasteiger partial charge in [-0.1, -0.05) is 159 Å². The molecule has 11 heteroatoms. The van der Waals surface area contributed by atoms with E-state index in [9.17, 15) is 40.5 Å². The molecular weight excluding hydrogens is 763 g/mol. The zero-order valence-electron chi connectivity index (χ0n) is 37.9. The first-order chi connectivity index (χ1) is 29.2. The molecule has 1 saturated heterocycles. The number of aliphatic hydroxyl groups is 7. The van der Waals surface area contributed by atoms with Crippen LogP contribution in [0.2, 0.25) is 0 Å². The third kappa shape index (κ3) is 28.1. The van der Waals surface area contributed by atoms with Crippen molar-refractivity contribution in [3.8, 4) is 0 Å². The highest BCUT2D eigenvalue weighted by Crippen LogP contribution is 2.23. The summed E-state index contributed by atoms with van der Waals surface area (Å²) in [5, 5.41) is 75.7. The van der Waals surface area contributed by atoms with Gasteiger partial charge in [-0.05, 0) is 77.0 Å². The Morgan fingerprint density at radius 2 is 1.00 bits per heavy atom. The molecule has 11 nitrogen and oxygen atoms in total. The lowest BCUT2D eigenvalue weighted by atomic mass is 9.98. The van der Waals surface area contributed by atoms with Gasteiger partial charge in [0.1, 0.15) is 36.6 Å². The van der Waals surface area contributed by atoms with E-state index in [-0.39, 0.29) is 12.8 Å². The molecule has 8 N–H and O–H groups in total. The van der Waals surface area contributed by atoms with Crippen LogP contribution in [0.3, 0.4) is 0 Å². The number of carbonyl (C=O) groups excluding carboxylic acids is 1. The standard InChI is InChI=1S/C49H91NO10/c1-3-5-7-9-11-13-15-17-19-21-23-25-27-29-31-33-35-37-42(53)48(58)50-40(39-59-49-47(57)46(56)45(55)43(38-51)60-49)44(54)41(52)36-34-32-30-28-26-24-22-20-18-16-14-12-10-8-6-4-2/h20,22-23,25,28,30,40-47,49,51-57H,3-19,21,24,26-27,29,31-39H2,1-2H3,(H,50,58)/b22-20+,25-23-,30-28+. The van der Waals surface area contributed by atoms with Gasteiger partial charge < -0.3 is 50.5 Å². The van der Waals surface area contributed by atoms with E-state index >= 15 is 0 Å². The lowest BCUT2D eigenvalue weighted by molar-refractivity contribution is -0.303. The fourth-order valence-corrected chi connectivity index (χ4v) is 7.57. The zero-order valence-corrected chi connectivity index (χ0v) is 37.9. The van der Waals surface area contributed by atoms with Gasteiger partial charge >= 0.3 is 0 Å². The molecule has 0 aromatic carbocycles. The maximum atomic E-state index is 13.1. The number of nitrogens with one attached hydrogen (secondary N) is 1. The molecule has 9 unspecified atom stereocenters. The largest absolute Gasteiger partial charge is 0.394 e. The van der Waals surface area contributed by atoms with Crippen molar-refractivity contribution in [1.82, 2.24) is 5.32 Å². The van der Waals surface area contributed by atoms with E-state index in [1.165, 1.54) is 103 Å². The van der Waals surface area contributed by atoms with Crippen LogP contribution in [0.15, 0.2) is 36.5 Å². The summed E-state index contributed by atoms with van der Waals surface area (Å²) in [7, 11) is 0. The maximum Gasteiger partial charge on any atom is 0.249 e. The molecule has 1 aliphatic rings. The minimum absolute atomic E-state index is 0.237. The van der Waals surface area contributed by atoms with Crippen molar-refractivity contribution in [3.05, 3.63) is 36.5 Å². The molecule has 9 atom stereocenters. The Bertz CT molecular complexity index is 1070. The van der Waals surface area contributed by atoms with Gasteiger partial charge in [0.25, 0.3) is 0 Å². The Kier molecular flexibility index (Phi) is 36.6. The van der Waals surface area contributed by atoms with Crippen molar-refractivity contribution in [3.63, 3.8) is 0 Å². The molecule has 0 radical (unpaired) electrons. The molecule has 0 aromatic rings. The average molecular weight is 854 g/mol. The summed E-state index contributed by atoms with van der Waals surface area (Å²) < 4.78 is 11.1. The summed E-state index contributed by atoms with van der Waals surface area (Å²) in [5.74, 6) is -0.720. The second-order valence-corrected chi connectivity index (χ2v) is 17.2. The highest BCUT2D eigenvalue weighted by molar-refractivity contribution is 5.80. The summed E-state index contributed by atoms with van der Waals surface area (Å²) in [6.45, 7) is 3.41. The second-order valence-electron chi connectivity index (χ2n) is 17.2. The second kappa shape index (κ2) is 39.0. The van der Waals surface area contributed by atoms with Gasteiger partial charge in [0, 0.05) is 0 Å². The van der Waals surface area contributed by atoms with Crippen LogP contribution in [0.4, 0.5) is 0 Å². The topological polar surface area (TPSA) is 189 Å². The summed E-state index contributed by atoms with van der Waals surface area (Å²) in [6.07, 6.45) is 33.3. The minimum Gasteiger partial charge on any atom is -0.394 e. The first kappa shape index (κ1) is 56.3. The molecule has 0 aliphatic carbocycles. The third-order valence-electron chi connectivity index (χ3n) is 11.6. The van der Waals surface area contributed by atoms with Crippen LogP contribution in [0.25, 0.3) is 0 Å². The monoisotopic (exact) mass is 854 g/mol. The Labute approximate surface area is 365 Å². The van der Waals surface area contributed by atoms with E-state index in [1.807, 2.05) is 0 Å². The number of rotatable bonds is 40. The fourth-order valence-electron chi connectivity index (χ4n) is 7.57.